The fourth-order valence-electron chi connectivity index (χ4n) is 3.01. The molecule has 0 saturated heterocycles. The molecule has 1 amide bonds. The quantitative estimate of drug-likeness (QED) is 0.185. The molecule has 0 spiro atoms. The highest BCUT2D eigenvalue weighted by molar-refractivity contribution is 14.1. The van der Waals surface area contributed by atoms with Crippen LogP contribution in [0.4, 0.5) is 0 Å². The highest BCUT2D eigenvalue weighted by Crippen LogP contribution is 2.34. The van der Waals surface area contributed by atoms with E-state index in [0.717, 1.165) is 14.7 Å². The Hall–Kier alpha value is -2.98. The van der Waals surface area contributed by atoms with Gasteiger partial charge in [-0.2, -0.15) is 5.10 Å². The van der Waals surface area contributed by atoms with Gasteiger partial charge in [-0.1, -0.05) is 23.7 Å². The third-order valence-electron chi connectivity index (χ3n) is 4.65. The van der Waals surface area contributed by atoms with Gasteiger partial charge in [0.25, 0.3) is 5.91 Å². The molecule has 1 N–H and O–H groups in total. The summed E-state index contributed by atoms with van der Waals surface area (Å²) in [5.74, 6) is 1.86. The van der Waals surface area contributed by atoms with Crippen LogP contribution in [0.1, 0.15) is 28.4 Å². The monoisotopic (exact) mass is 594 g/mol. The zero-order chi connectivity index (χ0) is 24.5. The van der Waals surface area contributed by atoms with Crippen LogP contribution >= 0.6 is 34.2 Å². The number of rotatable bonds is 10. The molecule has 0 fully saturated rings. The van der Waals surface area contributed by atoms with Crippen LogP contribution in [0.15, 0.2) is 59.7 Å². The summed E-state index contributed by atoms with van der Waals surface area (Å²) in [5, 5.41) is 4.76. The zero-order valence-electron chi connectivity index (χ0n) is 18.9. The number of ether oxygens (including phenoxy) is 4. The van der Waals surface area contributed by atoms with E-state index >= 15 is 0 Å². The van der Waals surface area contributed by atoms with Gasteiger partial charge in [0.05, 0.1) is 30.6 Å². The maximum absolute atomic E-state index is 12.5. The first-order valence-corrected chi connectivity index (χ1v) is 11.8. The Labute approximate surface area is 217 Å². The Morgan fingerprint density at radius 2 is 1.74 bits per heavy atom. The highest BCUT2D eigenvalue weighted by atomic mass is 127. The molecule has 178 valence electrons. The normalized spacial score (nSPS) is 10.7. The lowest BCUT2D eigenvalue weighted by Crippen LogP contribution is -2.17. The van der Waals surface area contributed by atoms with Crippen LogP contribution in [0, 0.1) is 3.57 Å². The molecule has 0 saturated carbocycles. The van der Waals surface area contributed by atoms with E-state index in [1.54, 1.807) is 24.4 Å². The maximum Gasteiger partial charge on any atom is 0.271 e. The number of benzene rings is 3. The van der Waals surface area contributed by atoms with E-state index in [0.29, 0.717) is 46.8 Å². The second-order valence-electron chi connectivity index (χ2n) is 6.95. The number of amides is 1. The standard InChI is InChI=1S/C25H24ClIN2O5/c1-4-33-23-12-17(11-20(27)24(23)34-15-16-5-8-19(26)9-6-16)14-28-29-25(30)18-7-10-21(31-2)22(13-18)32-3/h5-14H,4,15H2,1-3H3,(H,29,30)/b28-14+. The van der Waals surface area contributed by atoms with E-state index in [9.17, 15) is 4.79 Å². The fourth-order valence-corrected chi connectivity index (χ4v) is 3.92. The third-order valence-corrected chi connectivity index (χ3v) is 5.71. The van der Waals surface area contributed by atoms with Gasteiger partial charge in [-0.05, 0) is 83.1 Å². The van der Waals surface area contributed by atoms with E-state index in [1.807, 2.05) is 43.3 Å². The van der Waals surface area contributed by atoms with Gasteiger partial charge >= 0.3 is 0 Å². The van der Waals surface area contributed by atoms with Crippen LogP contribution in [0.25, 0.3) is 0 Å². The number of carbonyl (C=O) groups excluding carboxylic acids is 1. The minimum Gasteiger partial charge on any atom is -0.493 e. The molecule has 0 aliphatic heterocycles. The molecule has 3 rings (SSSR count). The fraction of sp³-hybridized carbons (Fsp3) is 0.200. The van der Waals surface area contributed by atoms with Crippen LogP contribution in [0.3, 0.4) is 0 Å². The summed E-state index contributed by atoms with van der Waals surface area (Å²) in [4.78, 5) is 12.5. The van der Waals surface area contributed by atoms with Gasteiger partial charge in [0.1, 0.15) is 6.61 Å². The van der Waals surface area contributed by atoms with Crippen molar-refractivity contribution in [3.63, 3.8) is 0 Å². The molecule has 0 heterocycles. The van der Waals surface area contributed by atoms with Crippen molar-refractivity contribution >= 4 is 46.3 Å². The molecule has 3 aromatic carbocycles. The molecule has 3 aromatic rings. The summed E-state index contributed by atoms with van der Waals surface area (Å²) in [5.41, 5.74) is 4.66. The summed E-state index contributed by atoms with van der Waals surface area (Å²) in [6.07, 6.45) is 1.55. The molecule has 0 bridgehead atoms. The van der Waals surface area contributed by atoms with Crippen LogP contribution in [0.5, 0.6) is 23.0 Å². The van der Waals surface area contributed by atoms with Crippen molar-refractivity contribution in [3.8, 4) is 23.0 Å². The van der Waals surface area contributed by atoms with Gasteiger partial charge < -0.3 is 18.9 Å². The summed E-state index contributed by atoms with van der Waals surface area (Å²) in [6.45, 7) is 2.76. The van der Waals surface area contributed by atoms with Gasteiger partial charge in [-0.3, -0.25) is 4.79 Å². The Bertz CT molecular complexity index is 1170. The molecule has 34 heavy (non-hydrogen) atoms. The van der Waals surface area contributed by atoms with E-state index < -0.39 is 0 Å². The van der Waals surface area contributed by atoms with Gasteiger partial charge in [-0.15, -0.1) is 0 Å². The SMILES string of the molecule is CCOc1cc(/C=N/NC(=O)c2ccc(OC)c(OC)c2)cc(I)c1OCc1ccc(Cl)cc1. The number of halogens is 2. The first-order chi connectivity index (χ1) is 16.4. The van der Waals surface area contributed by atoms with Crippen molar-refractivity contribution in [2.45, 2.75) is 13.5 Å². The van der Waals surface area contributed by atoms with Crippen LogP contribution in [0.2, 0.25) is 5.02 Å². The zero-order valence-corrected chi connectivity index (χ0v) is 21.8. The predicted molar refractivity (Wildman–Crippen MR) is 141 cm³/mol. The molecular weight excluding hydrogens is 571 g/mol. The summed E-state index contributed by atoms with van der Waals surface area (Å²) in [6, 6.07) is 16.1. The number of methoxy groups -OCH3 is 2. The van der Waals surface area contributed by atoms with Crippen LogP contribution in [-0.4, -0.2) is 32.9 Å². The van der Waals surface area contributed by atoms with Crippen molar-refractivity contribution in [3.05, 3.63) is 79.9 Å². The van der Waals surface area contributed by atoms with E-state index in [1.165, 1.54) is 14.2 Å². The van der Waals surface area contributed by atoms with Crippen molar-refractivity contribution in [2.75, 3.05) is 20.8 Å². The Morgan fingerprint density at radius 3 is 2.41 bits per heavy atom. The highest BCUT2D eigenvalue weighted by Gasteiger charge is 2.13. The Kier molecular flexibility index (Phi) is 9.41. The second-order valence-corrected chi connectivity index (χ2v) is 8.55. The van der Waals surface area contributed by atoms with Crippen molar-refractivity contribution in [1.82, 2.24) is 5.43 Å². The van der Waals surface area contributed by atoms with Gasteiger partial charge in [0.2, 0.25) is 0 Å². The van der Waals surface area contributed by atoms with Gasteiger partial charge in [-0.25, -0.2) is 5.43 Å². The minimum atomic E-state index is -0.375. The smallest absolute Gasteiger partial charge is 0.271 e. The third kappa shape index (κ3) is 6.77. The molecular formula is C25H24ClIN2O5. The maximum atomic E-state index is 12.5. The molecule has 0 aromatic heterocycles. The molecule has 7 nitrogen and oxygen atoms in total. The van der Waals surface area contributed by atoms with Crippen molar-refractivity contribution < 1.29 is 23.7 Å². The van der Waals surface area contributed by atoms with E-state index in [4.69, 9.17) is 30.5 Å². The van der Waals surface area contributed by atoms with Gasteiger partial charge in [0.15, 0.2) is 23.0 Å². The van der Waals surface area contributed by atoms with E-state index in [-0.39, 0.29) is 5.91 Å². The molecule has 0 aliphatic carbocycles. The first-order valence-electron chi connectivity index (χ1n) is 10.3. The number of hydrazone groups is 1. The van der Waals surface area contributed by atoms with Crippen LogP contribution in [-0.2, 0) is 6.61 Å². The number of nitrogens with one attached hydrogen (secondary N) is 1. The average molecular weight is 595 g/mol. The number of carbonyl (C=O) groups is 1. The number of hydrogen-bond acceptors (Lipinski definition) is 6. The molecule has 0 atom stereocenters. The number of nitrogens with zero attached hydrogens (tertiary/aromatic N) is 1. The lowest BCUT2D eigenvalue weighted by atomic mass is 10.2. The Morgan fingerprint density at radius 1 is 1.00 bits per heavy atom. The summed E-state index contributed by atoms with van der Waals surface area (Å²) in [7, 11) is 3.05. The van der Waals surface area contributed by atoms with Gasteiger partial charge in [0, 0.05) is 10.6 Å². The topological polar surface area (TPSA) is 78.4 Å². The molecule has 9 heteroatoms. The lowest BCUT2D eigenvalue weighted by molar-refractivity contribution is 0.0954. The predicted octanol–water partition coefficient (Wildman–Crippen LogP) is 5.70. The number of hydrogen-bond donors (Lipinski definition) is 1. The second kappa shape index (κ2) is 12.5. The summed E-state index contributed by atoms with van der Waals surface area (Å²) < 4.78 is 23.1. The molecule has 0 unspecified atom stereocenters. The van der Waals surface area contributed by atoms with Crippen LogP contribution < -0.4 is 24.4 Å². The Balaban J connectivity index is 1.71. The molecule has 0 radical (unpaired) electrons. The van der Waals surface area contributed by atoms with Crippen molar-refractivity contribution in [2.24, 2.45) is 5.10 Å². The summed E-state index contributed by atoms with van der Waals surface area (Å²) >= 11 is 8.14. The first kappa shape index (κ1) is 25.6. The average Bonchev–Trinajstić information content (AvgIpc) is 2.84. The minimum absolute atomic E-state index is 0.375. The largest absolute Gasteiger partial charge is 0.493 e. The lowest BCUT2D eigenvalue weighted by Gasteiger charge is -2.15. The van der Waals surface area contributed by atoms with Crippen molar-refractivity contribution in [1.29, 1.82) is 0 Å². The molecule has 0 aliphatic rings. The van der Waals surface area contributed by atoms with E-state index in [2.05, 4.69) is 33.1 Å².